The van der Waals surface area contributed by atoms with Crippen molar-refractivity contribution in [3.05, 3.63) is 24.4 Å². The summed E-state index contributed by atoms with van der Waals surface area (Å²) in [5.41, 5.74) is 0. The summed E-state index contributed by atoms with van der Waals surface area (Å²) in [5, 5.41) is 11.5. The van der Waals surface area contributed by atoms with Crippen molar-refractivity contribution in [1.82, 2.24) is 4.98 Å². The molecule has 3 rings (SSSR count). The highest BCUT2D eigenvalue weighted by Gasteiger charge is 2.14. The van der Waals surface area contributed by atoms with E-state index in [0.29, 0.717) is 19.0 Å². The minimum absolute atomic E-state index is 0.118. The third-order valence-corrected chi connectivity index (χ3v) is 3.95. The van der Waals surface area contributed by atoms with Crippen molar-refractivity contribution in [2.24, 2.45) is 0 Å². The van der Waals surface area contributed by atoms with Crippen molar-refractivity contribution >= 4 is 28.5 Å². The van der Waals surface area contributed by atoms with Crippen LogP contribution < -0.4 is 9.47 Å². The number of carboxylic acid groups (broad SMARTS) is 1. The number of hydrogen-bond donors (Lipinski definition) is 1. The number of pyridine rings is 1. The van der Waals surface area contributed by atoms with Crippen LogP contribution in [0.2, 0.25) is 0 Å². The maximum Gasteiger partial charge on any atom is 0.304 e. The lowest BCUT2D eigenvalue weighted by atomic mass is 10.1. The van der Waals surface area contributed by atoms with Gasteiger partial charge < -0.3 is 14.6 Å². The molecule has 0 atom stereocenters. The molecule has 5 nitrogen and oxygen atoms in total. The highest BCUT2D eigenvalue weighted by molar-refractivity contribution is 7.99. The van der Waals surface area contributed by atoms with Crippen LogP contribution in [0, 0.1) is 0 Å². The Kier molecular flexibility index (Phi) is 3.64. The Morgan fingerprint density at radius 1 is 1.30 bits per heavy atom. The SMILES string of the molecule is O=C(O)CCSc1nccc2cc3c(cc12)OCCO3. The second-order valence-corrected chi connectivity index (χ2v) is 5.41. The predicted molar refractivity (Wildman–Crippen MR) is 75.7 cm³/mol. The predicted octanol–water partition coefficient (Wildman–Crippen LogP) is 2.57. The second kappa shape index (κ2) is 5.58. The fourth-order valence-corrected chi connectivity index (χ4v) is 2.97. The largest absolute Gasteiger partial charge is 0.486 e. The summed E-state index contributed by atoms with van der Waals surface area (Å²) < 4.78 is 11.1. The molecule has 6 heteroatoms. The second-order valence-electron chi connectivity index (χ2n) is 4.33. The van der Waals surface area contributed by atoms with E-state index in [1.807, 2.05) is 18.2 Å². The number of carboxylic acids is 1. The number of benzene rings is 1. The first-order valence-electron chi connectivity index (χ1n) is 6.27. The molecule has 0 aliphatic carbocycles. The first-order chi connectivity index (χ1) is 9.74. The quantitative estimate of drug-likeness (QED) is 0.873. The van der Waals surface area contributed by atoms with Crippen LogP contribution in [0.25, 0.3) is 10.8 Å². The molecular formula is C14H13NO4S. The maximum atomic E-state index is 10.6. The van der Waals surface area contributed by atoms with E-state index in [-0.39, 0.29) is 6.42 Å². The van der Waals surface area contributed by atoms with E-state index in [1.54, 1.807) is 6.20 Å². The molecule has 1 aliphatic heterocycles. The zero-order chi connectivity index (χ0) is 13.9. The Labute approximate surface area is 119 Å². The van der Waals surface area contributed by atoms with Crippen LogP contribution in [-0.2, 0) is 4.79 Å². The van der Waals surface area contributed by atoms with E-state index in [2.05, 4.69) is 4.98 Å². The highest BCUT2D eigenvalue weighted by Crippen LogP contribution is 2.37. The van der Waals surface area contributed by atoms with Gasteiger partial charge in [0, 0.05) is 17.3 Å². The Bertz CT molecular complexity index is 659. The molecule has 20 heavy (non-hydrogen) atoms. The molecule has 0 bridgehead atoms. The summed E-state index contributed by atoms with van der Waals surface area (Å²) in [4.78, 5) is 14.9. The molecular weight excluding hydrogens is 278 g/mol. The zero-order valence-corrected chi connectivity index (χ0v) is 11.5. The normalized spacial score (nSPS) is 13.4. The maximum absolute atomic E-state index is 10.6. The van der Waals surface area contributed by atoms with Crippen LogP contribution in [0.1, 0.15) is 6.42 Å². The number of rotatable bonds is 4. The molecule has 2 aromatic rings. The van der Waals surface area contributed by atoms with Gasteiger partial charge in [0.2, 0.25) is 0 Å². The Balaban J connectivity index is 1.94. The smallest absolute Gasteiger partial charge is 0.304 e. The number of aromatic nitrogens is 1. The summed E-state index contributed by atoms with van der Waals surface area (Å²) in [7, 11) is 0. The average molecular weight is 291 g/mol. The topological polar surface area (TPSA) is 68.7 Å². The summed E-state index contributed by atoms with van der Waals surface area (Å²) in [6, 6.07) is 5.77. The third kappa shape index (κ3) is 2.65. The van der Waals surface area contributed by atoms with Gasteiger partial charge in [-0.3, -0.25) is 4.79 Å². The fraction of sp³-hybridized carbons (Fsp3) is 0.286. The van der Waals surface area contributed by atoms with E-state index in [4.69, 9.17) is 14.6 Å². The Morgan fingerprint density at radius 3 is 2.80 bits per heavy atom. The minimum Gasteiger partial charge on any atom is -0.486 e. The van der Waals surface area contributed by atoms with E-state index in [0.717, 1.165) is 27.3 Å². The lowest BCUT2D eigenvalue weighted by molar-refractivity contribution is -0.136. The summed E-state index contributed by atoms with van der Waals surface area (Å²) >= 11 is 1.44. The number of thioether (sulfide) groups is 1. The number of carbonyl (C=O) groups is 1. The first-order valence-corrected chi connectivity index (χ1v) is 7.25. The van der Waals surface area contributed by atoms with Crippen molar-refractivity contribution in [3.8, 4) is 11.5 Å². The molecule has 0 spiro atoms. The van der Waals surface area contributed by atoms with Crippen LogP contribution in [0.5, 0.6) is 11.5 Å². The van der Waals surface area contributed by atoms with E-state index >= 15 is 0 Å². The summed E-state index contributed by atoms with van der Waals surface area (Å²) in [6.45, 7) is 1.10. The van der Waals surface area contributed by atoms with Crippen LogP contribution in [-0.4, -0.2) is 35.0 Å². The lowest BCUT2D eigenvalue weighted by Crippen LogP contribution is -2.15. The van der Waals surface area contributed by atoms with Crippen LogP contribution in [0.3, 0.4) is 0 Å². The van der Waals surface area contributed by atoms with E-state index in [1.165, 1.54) is 11.8 Å². The van der Waals surface area contributed by atoms with E-state index < -0.39 is 5.97 Å². The monoisotopic (exact) mass is 291 g/mol. The third-order valence-electron chi connectivity index (χ3n) is 2.95. The van der Waals surface area contributed by atoms with Crippen molar-refractivity contribution in [3.63, 3.8) is 0 Å². The average Bonchev–Trinajstić information content (AvgIpc) is 2.45. The lowest BCUT2D eigenvalue weighted by Gasteiger charge is -2.19. The van der Waals surface area contributed by atoms with Gasteiger partial charge in [0.1, 0.15) is 18.2 Å². The number of ether oxygens (including phenoxy) is 2. The van der Waals surface area contributed by atoms with Gasteiger partial charge >= 0.3 is 5.97 Å². The van der Waals surface area contributed by atoms with Gasteiger partial charge in [-0.1, -0.05) is 0 Å². The minimum atomic E-state index is -0.799. The molecule has 0 unspecified atom stereocenters. The molecule has 1 N–H and O–H groups in total. The van der Waals surface area contributed by atoms with Gasteiger partial charge in [-0.25, -0.2) is 4.98 Å². The van der Waals surface area contributed by atoms with Crippen molar-refractivity contribution in [1.29, 1.82) is 0 Å². The summed E-state index contributed by atoms with van der Waals surface area (Å²) in [5.74, 6) is 1.16. The molecule has 1 aromatic heterocycles. The Hall–Kier alpha value is -1.95. The molecule has 0 amide bonds. The van der Waals surface area contributed by atoms with Crippen LogP contribution >= 0.6 is 11.8 Å². The number of fused-ring (bicyclic) bond motifs is 2. The van der Waals surface area contributed by atoms with Gasteiger partial charge in [-0.2, -0.15) is 0 Å². The fourth-order valence-electron chi connectivity index (χ4n) is 2.03. The molecule has 0 saturated heterocycles. The van der Waals surface area contributed by atoms with Gasteiger partial charge in [-0.05, 0) is 23.6 Å². The molecule has 0 radical (unpaired) electrons. The van der Waals surface area contributed by atoms with Gasteiger partial charge in [-0.15, -0.1) is 11.8 Å². The van der Waals surface area contributed by atoms with Gasteiger partial charge in [0.05, 0.1) is 6.42 Å². The van der Waals surface area contributed by atoms with Crippen LogP contribution in [0.15, 0.2) is 29.4 Å². The summed E-state index contributed by atoms with van der Waals surface area (Å²) in [6.07, 6.45) is 1.84. The number of hydrogen-bond acceptors (Lipinski definition) is 5. The number of nitrogens with zero attached hydrogens (tertiary/aromatic N) is 1. The van der Waals surface area contributed by atoms with Gasteiger partial charge in [0.25, 0.3) is 0 Å². The molecule has 0 saturated carbocycles. The Morgan fingerprint density at radius 2 is 2.05 bits per heavy atom. The van der Waals surface area contributed by atoms with Crippen molar-refractivity contribution in [2.75, 3.05) is 19.0 Å². The molecule has 1 aliphatic rings. The molecule has 2 heterocycles. The first kappa shape index (κ1) is 13.1. The molecule has 1 aromatic carbocycles. The standard InChI is InChI=1S/C14H13NO4S/c16-13(17)2-6-20-14-10-8-12-11(18-4-5-19-12)7-9(10)1-3-15-14/h1,3,7-8H,2,4-6H2,(H,16,17). The molecule has 104 valence electrons. The van der Waals surface area contributed by atoms with Crippen LogP contribution in [0.4, 0.5) is 0 Å². The van der Waals surface area contributed by atoms with Crippen molar-refractivity contribution < 1.29 is 19.4 Å². The van der Waals surface area contributed by atoms with Crippen molar-refractivity contribution in [2.45, 2.75) is 11.4 Å². The van der Waals surface area contributed by atoms with E-state index in [9.17, 15) is 4.79 Å². The molecule has 0 fully saturated rings. The van der Waals surface area contributed by atoms with Gasteiger partial charge in [0.15, 0.2) is 11.5 Å². The highest BCUT2D eigenvalue weighted by atomic mass is 32.2. The number of aliphatic carboxylic acids is 1. The zero-order valence-electron chi connectivity index (χ0n) is 10.7.